The molecule has 0 atom stereocenters. The van der Waals surface area contributed by atoms with Crippen molar-refractivity contribution in [2.24, 2.45) is 0 Å². The van der Waals surface area contributed by atoms with Gasteiger partial charge in [0, 0.05) is 10.9 Å². The Morgan fingerprint density at radius 2 is 2.00 bits per heavy atom. The Hall–Kier alpha value is -1.62. The predicted octanol–water partition coefficient (Wildman–Crippen LogP) is 3.22. The first-order valence-corrected chi connectivity index (χ1v) is 6.17. The van der Waals surface area contributed by atoms with Crippen molar-refractivity contribution in [2.45, 2.75) is 27.7 Å². The van der Waals surface area contributed by atoms with Crippen LogP contribution in [-0.4, -0.2) is 10.9 Å². The van der Waals surface area contributed by atoms with Gasteiger partial charge in [0.25, 0.3) is 5.91 Å². The molecule has 90 valence electrons. The van der Waals surface area contributed by atoms with Gasteiger partial charge in [0.2, 0.25) is 0 Å². The van der Waals surface area contributed by atoms with Crippen LogP contribution in [0.4, 0.5) is 5.13 Å². The van der Waals surface area contributed by atoms with Gasteiger partial charge < -0.3 is 4.42 Å². The molecule has 0 saturated carbocycles. The number of nitrogens with one attached hydrogen (secondary N) is 1. The van der Waals surface area contributed by atoms with Crippen molar-refractivity contribution in [3.05, 3.63) is 33.7 Å². The molecule has 4 nitrogen and oxygen atoms in total. The molecule has 0 radical (unpaired) electrons. The SMILES string of the molecule is Cc1csc(NC(=O)c2c(C)oc(C)c2C)n1. The zero-order valence-corrected chi connectivity index (χ0v) is 11.1. The van der Waals surface area contributed by atoms with Gasteiger partial charge in [-0.1, -0.05) is 0 Å². The number of anilines is 1. The highest BCUT2D eigenvalue weighted by molar-refractivity contribution is 7.13. The van der Waals surface area contributed by atoms with E-state index in [1.165, 1.54) is 11.3 Å². The van der Waals surface area contributed by atoms with Crippen LogP contribution in [0.5, 0.6) is 0 Å². The summed E-state index contributed by atoms with van der Waals surface area (Å²) in [6.07, 6.45) is 0. The van der Waals surface area contributed by atoms with Crippen LogP contribution in [0.25, 0.3) is 0 Å². The zero-order chi connectivity index (χ0) is 12.6. The van der Waals surface area contributed by atoms with Gasteiger partial charge in [-0.15, -0.1) is 11.3 Å². The predicted molar refractivity (Wildman–Crippen MR) is 67.7 cm³/mol. The fraction of sp³-hybridized carbons (Fsp3) is 0.333. The molecule has 0 spiro atoms. The molecule has 2 rings (SSSR count). The molecule has 2 aromatic heterocycles. The molecule has 1 N–H and O–H groups in total. The van der Waals surface area contributed by atoms with Gasteiger partial charge in [-0.05, 0) is 27.7 Å². The summed E-state index contributed by atoms with van der Waals surface area (Å²) < 4.78 is 5.43. The number of thiazole rings is 1. The van der Waals surface area contributed by atoms with Crippen molar-refractivity contribution in [3.8, 4) is 0 Å². The molecule has 0 bridgehead atoms. The Labute approximate surface area is 104 Å². The maximum Gasteiger partial charge on any atom is 0.261 e. The summed E-state index contributed by atoms with van der Waals surface area (Å²) in [5.74, 6) is 1.26. The number of carbonyl (C=O) groups excluding carboxylic acids is 1. The van der Waals surface area contributed by atoms with E-state index >= 15 is 0 Å². The number of hydrogen-bond acceptors (Lipinski definition) is 4. The molecular formula is C12H14N2O2S. The first-order chi connectivity index (χ1) is 7.99. The minimum absolute atomic E-state index is 0.161. The van der Waals surface area contributed by atoms with E-state index in [1.807, 2.05) is 26.2 Å². The minimum Gasteiger partial charge on any atom is -0.466 e. The third-order valence-corrected chi connectivity index (χ3v) is 3.50. The van der Waals surface area contributed by atoms with Crippen molar-refractivity contribution >= 4 is 22.4 Å². The molecule has 2 aromatic rings. The average Bonchev–Trinajstić information content (AvgIpc) is 2.73. The number of amides is 1. The average molecular weight is 250 g/mol. The number of aromatic nitrogens is 1. The van der Waals surface area contributed by atoms with Crippen LogP contribution in [0.3, 0.4) is 0 Å². The van der Waals surface area contributed by atoms with Crippen LogP contribution >= 0.6 is 11.3 Å². The largest absolute Gasteiger partial charge is 0.466 e. The first kappa shape index (κ1) is 11.9. The molecule has 0 aliphatic carbocycles. The lowest BCUT2D eigenvalue weighted by molar-refractivity contribution is 0.102. The highest BCUT2D eigenvalue weighted by Crippen LogP contribution is 2.23. The van der Waals surface area contributed by atoms with Crippen molar-refractivity contribution in [2.75, 3.05) is 5.32 Å². The van der Waals surface area contributed by atoms with E-state index < -0.39 is 0 Å². The number of nitrogens with zero attached hydrogens (tertiary/aromatic N) is 1. The van der Waals surface area contributed by atoms with E-state index in [-0.39, 0.29) is 5.91 Å². The Kier molecular flexibility index (Phi) is 3.02. The van der Waals surface area contributed by atoms with Crippen LogP contribution in [0, 0.1) is 27.7 Å². The molecule has 0 fully saturated rings. The molecule has 2 heterocycles. The van der Waals surface area contributed by atoms with Crippen LogP contribution < -0.4 is 5.32 Å². The summed E-state index contributed by atoms with van der Waals surface area (Å²) in [7, 11) is 0. The van der Waals surface area contributed by atoms with E-state index in [0.717, 1.165) is 17.0 Å². The van der Waals surface area contributed by atoms with Gasteiger partial charge in [0.05, 0.1) is 11.3 Å². The maximum atomic E-state index is 12.1. The molecule has 0 unspecified atom stereocenters. The molecule has 0 aliphatic heterocycles. The van der Waals surface area contributed by atoms with Gasteiger partial charge in [0.15, 0.2) is 5.13 Å². The summed E-state index contributed by atoms with van der Waals surface area (Å²) >= 11 is 1.42. The van der Waals surface area contributed by atoms with Gasteiger partial charge in [-0.25, -0.2) is 4.98 Å². The molecule has 0 saturated heterocycles. The highest BCUT2D eigenvalue weighted by Gasteiger charge is 2.19. The zero-order valence-electron chi connectivity index (χ0n) is 10.2. The number of carbonyl (C=O) groups is 1. The van der Waals surface area contributed by atoms with Gasteiger partial charge >= 0.3 is 0 Å². The van der Waals surface area contributed by atoms with E-state index in [2.05, 4.69) is 10.3 Å². The second-order valence-corrected chi connectivity index (χ2v) is 4.82. The number of hydrogen-bond donors (Lipinski definition) is 1. The summed E-state index contributed by atoms with van der Waals surface area (Å²) in [6, 6.07) is 0. The van der Waals surface area contributed by atoms with E-state index in [1.54, 1.807) is 6.92 Å². The van der Waals surface area contributed by atoms with Crippen molar-refractivity contribution < 1.29 is 9.21 Å². The number of furan rings is 1. The Bertz CT molecular complexity index is 569. The smallest absolute Gasteiger partial charge is 0.261 e. The Morgan fingerprint density at radius 3 is 2.47 bits per heavy atom. The first-order valence-electron chi connectivity index (χ1n) is 5.29. The second-order valence-electron chi connectivity index (χ2n) is 3.96. The molecule has 0 aromatic carbocycles. The van der Waals surface area contributed by atoms with Gasteiger partial charge in [0.1, 0.15) is 11.5 Å². The van der Waals surface area contributed by atoms with E-state index in [0.29, 0.717) is 16.5 Å². The lowest BCUT2D eigenvalue weighted by Crippen LogP contribution is -2.13. The van der Waals surface area contributed by atoms with Crippen molar-refractivity contribution in [3.63, 3.8) is 0 Å². The normalized spacial score (nSPS) is 10.6. The van der Waals surface area contributed by atoms with Crippen LogP contribution in [0.15, 0.2) is 9.80 Å². The van der Waals surface area contributed by atoms with Crippen molar-refractivity contribution in [1.82, 2.24) is 4.98 Å². The third-order valence-electron chi connectivity index (χ3n) is 2.63. The van der Waals surface area contributed by atoms with Crippen LogP contribution in [0.1, 0.15) is 33.1 Å². The minimum atomic E-state index is -0.161. The maximum absolute atomic E-state index is 12.1. The molecule has 17 heavy (non-hydrogen) atoms. The van der Waals surface area contributed by atoms with Gasteiger partial charge in [-0.2, -0.15) is 0 Å². The molecular weight excluding hydrogens is 236 g/mol. The third kappa shape index (κ3) is 2.24. The fourth-order valence-electron chi connectivity index (χ4n) is 1.70. The van der Waals surface area contributed by atoms with E-state index in [4.69, 9.17) is 4.42 Å². The molecule has 5 heteroatoms. The molecule has 0 aliphatic rings. The topological polar surface area (TPSA) is 55.1 Å². The standard InChI is InChI=1S/C12H14N2O2S/c1-6-5-17-12(13-6)14-11(15)10-7(2)8(3)16-9(10)4/h5H,1-4H3,(H,13,14,15). The summed E-state index contributed by atoms with van der Waals surface area (Å²) in [5.41, 5.74) is 2.39. The monoisotopic (exact) mass is 250 g/mol. The van der Waals surface area contributed by atoms with Gasteiger partial charge in [-0.3, -0.25) is 10.1 Å². The van der Waals surface area contributed by atoms with Crippen LogP contribution in [0.2, 0.25) is 0 Å². The summed E-state index contributed by atoms with van der Waals surface area (Å²) in [5, 5.41) is 5.30. The summed E-state index contributed by atoms with van der Waals surface area (Å²) in [6.45, 7) is 7.42. The van der Waals surface area contributed by atoms with Crippen LogP contribution in [-0.2, 0) is 0 Å². The summed E-state index contributed by atoms with van der Waals surface area (Å²) in [4.78, 5) is 16.3. The lowest BCUT2D eigenvalue weighted by atomic mass is 10.1. The molecule has 1 amide bonds. The highest BCUT2D eigenvalue weighted by atomic mass is 32.1. The second kappa shape index (κ2) is 4.33. The van der Waals surface area contributed by atoms with E-state index in [9.17, 15) is 4.79 Å². The fourth-order valence-corrected chi connectivity index (χ4v) is 2.38. The quantitative estimate of drug-likeness (QED) is 0.890. The Balaban J connectivity index is 2.26. The Morgan fingerprint density at radius 1 is 1.29 bits per heavy atom. The number of aryl methyl sites for hydroxylation is 3. The van der Waals surface area contributed by atoms with Crippen molar-refractivity contribution in [1.29, 1.82) is 0 Å². The lowest BCUT2D eigenvalue weighted by Gasteiger charge is -2.01. The number of rotatable bonds is 2.